The molecule has 0 bridgehead atoms. The van der Waals surface area contributed by atoms with Gasteiger partial charge in [-0.2, -0.15) is 0 Å². The number of amides is 1. The molecule has 0 aromatic rings. The molecule has 3 heteroatoms. The first-order valence-electron chi connectivity index (χ1n) is 5.10. The Morgan fingerprint density at radius 2 is 2.00 bits per heavy atom. The number of Topliss-reactive ketones (excluding diaryl/α,β-unsaturated/α-hetero) is 1. The molecule has 0 spiro atoms. The van der Waals surface area contributed by atoms with Crippen molar-refractivity contribution >= 4 is 11.7 Å². The quantitative estimate of drug-likeness (QED) is 0.691. The van der Waals surface area contributed by atoms with E-state index in [0.717, 1.165) is 32.1 Å². The number of hydrogen-bond donors (Lipinski definition) is 1. The van der Waals surface area contributed by atoms with Crippen LogP contribution in [-0.2, 0) is 9.59 Å². The molecule has 2 aliphatic rings. The maximum Gasteiger partial charge on any atom is 0.223 e. The largest absolute Gasteiger partial charge is 0.346 e. The summed E-state index contributed by atoms with van der Waals surface area (Å²) >= 11 is 0. The Kier molecular flexibility index (Phi) is 2.34. The van der Waals surface area contributed by atoms with Crippen molar-refractivity contribution in [2.45, 2.75) is 44.6 Å². The molecule has 2 rings (SSSR count). The number of carbonyl (C=O) groups excluding carboxylic acids is 2. The van der Waals surface area contributed by atoms with Gasteiger partial charge in [-0.25, -0.2) is 0 Å². The van der Waals surface area contributed by atoms with Gasteiger partial charge in [0.05, 0.1) is 6.04 Å². The standard InChI is InChI=1S/C10H15NO2/c12-9-6-2-5-8(9)11-10(13)7-3-1-4-7/h7-8H,1-6H2,(H,11,13)/t8-/m0/s1. The number of rotatable bonds is 2. The van der Waals surface area contributed by atoms with Crippen molar-refractivity contribution in [3.8, 4) is 0 Å². The van der Waals surface area contributed by atoms with Crippen molar-refractivity contribution < 1.29 is 9.59 Å². The van der Waals surface area contributed by atoms with Crippen LogP contribution in [0.2, 0.25) is 0 Å². The first-order valence-corrected chi connectivity index (χ1v) is 5.10. The normalized spacial score (nSPS) is 28.6. The topological polar surface area (TPSA) is 46.2 Å². The van der Waals surface area contributed by atoms with E-state index in [2.05, 4.69) is 5.32 Å². The van der Waals surface area contributed by atoms with Gasteiger partial charge in [-0.3, -0.25) is 9.59 Å². The maximum atomic E-state index is 11.5. The number of carbonyl (C=O) groups is 2. The van der Waals surface area contributed by atoms with Crippen LogP contribution in [0.4, 0.5) is 0 Å². The highest BCUT2D eigenvalue weighted by molar-refractivity contribution is 5.91. The molecule has 1 atom stereocenters. The molecule has 3 nitrogen and oxygen atoms in total. The lowest BCUT2D eigenvalue weighted by Crippen LogP contribution is -2.42. The average molecular weight is 181 g/mol. The molecule has 2 saturated carbocycles. The van der Waals surface area contributed by atoms with Crippen molar-refractivity contribution in [1.82, 2.24) is 5.32 Å². The summed E-state index contributed by atoms with van der Waals surface area (Å²) in [7, 11) is 0. The van der Waals surface area contributed by atoms with Gasteiger partial charge in [0.15, 0.2) is 5.78 Å². The maximum absolute atomic E-state index is 11.5. The molecule has 2 fully saturated rings. The van der Waals surface area contributed by atoms with Gasteiger partial charge >= 0.3 is 0 Å². The second kappa shape index (κ2) is 3.48. The van der Waals surface area contributed by atoms with Crippen LogP contribution in [-0.4, -0.2) is 17.7 Å². The lowest BCUT2D eigenvalue weighted by Gasteiger charge is -2.25. The fourth-order valence-corrected chi connectivity index (χ4v) is 1.93. The van der Waals surface area contributed by atoms with Crippen LogP contribution in [0, 0.1) is 5.92 Å². The van der Waals surface area contributed by atoms with E-state index in [1.165, 1.54) is 0 Å². The van der Waals surface area contributed by atoms with Crippen molar-refractivity contribution in [1.29, 1.82) is 0 Å². The third-order valence-electron chi connectivity index (χ3n) is 3.10. The van der Waals surface area contributed by atoms with E-state index in [1.807, 2.05) is 0 Å². The fourth-order valence-electron chi connectivity index (χ4n) is 1.93. The lowest BCUT2D eigenvalue weighted by molar-refractivity contribution is -0.131. The van der Waals surface area contributed by atoms with E-state index < -0.39 is 0 Å². The SMILES string of the molecule is O=C(N[C@H]1CCCC1=O)C1CCC1. The Hall–Kier alpha value is -0.860. The van der Waals surface area contributed by atoms with Gasteiger partial charge in [0.25, 0.3) is 0 Å². The Morgan fingerprint density at radius 1 is 1.23 bits per heavy atom. The average Bonchev–Trinajstić information content (AvgIpc) is 2.32. The van der Waals surface area contributed by atoms with Crippen LogP contribution in [0.1, 0.15) is 38.5 Å². The summed E-state index contributed by atoms with van der Waals surface area (Å²) in [5, 5.41) is 2.84. The van der Waals surface area contributed by atoms with E-state index in [9.17, 15) is 9.59 Å². The van der Waals surface area contributed by atoms with Crippen LogP contribution < -0.4 is 5.32 Å². The first kappa shape index (κ1) is 8.73. The molecule has 0 aromatic heterocycles. The Morgan fingerprint density at radius 3 is 2.46 bits per heavy atom. The summed E-state index contributed by atoms with van der Waals surface area (Å²) < 4.78 is 0. The molecule has 0 radical (unpaired) electrons. The van der Waals surface area contributed by atoms with E-state index in [0.29, 0.717) is 6.42 Å². The predicted molar refractivity (Wildman–Crippen MR) is 48.1 cm³/mol. The van der Waals surface area contributed by atoms with E-state index in [-0.39, 0.29) is 23.7 Å². The number of nitrogens with one attached hydrogen (secondary N) is 1. The number of ketones is 1. The Labute approximate surface area is 77.9 Å². The molecular formula is C10H15NO2. The highest BCUT2D eigenvalue weighted by Crippen LogP contribution is 2.27. The molecule has 1 amide bonds. The molecule has 0 unspecified atom stereocenters. The monoisotopic (exact) mass is 181 g/mol. The molecule has 72 valence electrons. The third-order valence-corrected chi connectivity index (χ3v) is 3.10. The van der Waals surface area contributed by atoms with Gasteiger partial charge in [-0.15, -0.1) is 0 Å². The third kappa shape index (κ3) is 1.74. The fraction of sp³-hybridized carbons (Fsp3) is 0.800. The second-order valence-electron chi connectivity index (χ2n) is 4.05. The van der Waals surface area contributed by atoms with Crippen molar-refractivity contribution in [2.75, 3.05) is 0 Å². The zero-order valence-corrected chi connectivity index (χ0v) is 7.71. The molecule has 0 aliphatic heterocycles. The number of hydrogen-bond acceptors (Lipinski definition) is 2. The van der Waals surface area contributed by atoms with E-state index in [1.54, 1.807) is 0 Å². The molecule has 13 heavy (non-hydrogen) atoms. The van der Waals surface area contributed by atoms with Gasteiger partial charge < -0.3 is 5.32 Å². The second-order valence-corrected chi connectivity index (χ2v) is 4.05. The highest BCUT2D eigenvalue weighted by Gasteiger charge is 2.30. The van der Waals surface area contributed by atoms with Gasteiger partial charge in [-0.1, -0.05) is 6.42 Å². The summed E-state index contributed by atoms with van der Waals surface area (Å²) in [5.41, 5.74) is 0. The zero-order chi connectivity index (χ0) is 9.26. The molecule has 0 aromatic carbocycles. The summed E-state index contributed by atoms with van der Waals surface area (Å²) in [5.74, 6) is 0.521. The van der Waals surface area contributed by atoms with Crippen LogP contribution in [0.5, 0.6) is 0 Å². The van der Waals surface area contributed by atoms with E-state index in [4.69, 9.17) is 0 Å². The van der Waals surface area contributed by atoms with Gasteiger partial charge in [0.1, 0.15) is 0 Å². The lowest BCUT2D eigenvalue weighted by atomic mass is 9.84. The van der Waals surface area contributed by atoms with Crippen LogP contribution >= 0.6 is 0 Å². The minimum atomic E-state index is -0.159. The van der Waals surface area contributed by atoms with Crippen molar-refractivity contribution in [3.05, 3.63) is 0 Å². The van der Waals surface area contributed by atoms with Crippen molar-refractivity contribution in [3.63, 3.8) is 0 Å². The smallest absolute Gasteiger partial charge is 0.223 e. The van der Waals surface area contributed by atoms with Crippen LogP contribution in [0.3, 0.4) is 0 Å². The Bertz CT molecular complexity index is 233. The van der Waals surface area contributed by atoms with Gasteiger partial charge in [-0.05, 0) is 25.7 Å². The Balaban J connectivity index is 1.82. The summed E-state index contributed by atoms with van der Waals surface area (Å²) in [4.78, 5) is 22.7. The molecular weight excluding hydrogens is 166 g/mol. The van der Waals surface area contributed by atoms with Crippen LogP contribution in [0.15, 0.2) is 0 Å². The predicted octanol–water partition coefficient (Wildman–Crippen LogP) is 1.02. The van der Waals surface area contributed by atoms with Crippen molar-refractivity contribution in [2.24, 2.45) is 5.92 Å². The van der Waals surface area contributed by atoms with Gasteiger partial charge in [0.2, 0.25) is 5.91 Å². The first-order chi connectivity index (χ1) is 6.27. The summed E-state index contributed by atoms with van der Waals surface area (Å²) in [6, 6.07) is -0.159. The minimum absolute atomic E-state index is 0.103. The molecule has 1 N–H and O–H groups in total. The van der Waals surface area contributed by atoms with E-state index >= 15 is 0 Å². The molecule has 0 heterocycles. The zero-order valence-electron chi connectivity index (χ0n) is 7.71. The van der Waals surface area contributed by atoms with Gasteiger partial charge in [0, 0.05) is 12.3 Å². The highest BCUT2D eigenvalue weighted by atomic mass is 16.2. The molecule has 2 aliphatic carbocycles. The summed E-state index contributed by atoms with van der Waals surface area (Å²) in [6.07, 6.45) is 5.61. The molecule has 0 saturated heterocycles. The summed E-state index contributed by atoms with van der Waals surface area (Å²) in [6.45, 7) is 0. The van der Waals surface area contributed by atoms with Crippen LogP contribution in [0.25, 0.3) is 0 Å². The minimum Gasteiger partial charge on any atom is -0.346 e.